The molecule has 0 amide bonds. The average Bonchev–Trinajstić information content (AvgIpc) is 3.39. The number of carbonyl (C=O) groups excluding carboxylic acids is 2. The molecular weight excluding hydrogens is 320 g/mol. The van der Waals surface area contributed by atoms with Gasteiger partial charge in [-0.15, -0.1) is 0 Å². The third-order valence-electron chi connectivity index (χ3n) is 5.06. The van der Waals surface area contributed by atoms with E-state index in [2.05, 4.69) is 6.92 Å². The minimum Gasteiger partial charge on any atom is -0.426 e. The molecule has 136 valence electrons. The zero-order valence-corrected chi connectivity index (χ0v) is 14.9. The van der Waals surface area contributed by atoms with Crippen LogP contribution in [0.25, 0.3) is 0 Å². The normalized spacial score (nSPS) is 25.6. The second kappa shape index (κ2) is 8.00. The van der Waals surface area contributed by atoms with E-state index < -0.39 is 0 Å². The third-order valence-corrected chi connectivity index (χ3v) is 5.06. The molecular formula is C20H26O5. The molecule has 5 nitrogen and oxygen atoms in total. The fourth-order valence-corrected chi connectivity index (χ4v) is 3.43. The van der Waals surface area contributed by atoms with Crippen molar-refractivity contribution in [2.45, 2.75) is 64.6 Å². The Kier molecular flexibility index (Phi) is 5.74. The van der Waals surface area contributed by atoms with E-state index in [-0.39, 0.29) is 29.9 Å². The lowest BCUT2D eigenvalue weighted by molar-refractivity contribution is -0.140. The third kappa shape index (κ3) is 4.60. The van der Waals surface area contributed by atoms with Crippen molar-refractivity contribution in [2.75, 3.05) is 0 Å². The van der Waals surface area contributed by atoms with Crippen molar-refractivity contribution in [3.63, 3.8) is 0 Å². The van der Waals surface area contributed by atoms with Crippen LogP contribution in [0.2, 0.25) is 0 Å². The summed E-state index contributed by atoms with van der Waals surface area (Å²) in [6.45, 7) is 4.05. The number of carbonyl (C=O) groups is 2. The number of epoxide rings is 1. The van der Waals surface area contributed by atoms with E-state index in [1.54, 1.807) is 24.3 Å². The summed E-state index contributed by atoms with van der Waals surface area (Å²) in [5.74, 6) is 0.404. The van der Waals surface area contributed by atoms with E-state index in [1.807, 2.05) is 6.92 Å². The molecule has 0 spiro atoms. The Balaban J connectivity index is 1.51. The van der Waals surface area contributed by atoms with Gasteiger partial charge in [-0.25, -0.2) is 0 Å². The molecule has 1 saturated heterocycles. The van der Waals surface area contributed by atoms with Crippen molar-refractivity contribution in [3.8, 4) is 11.5 Å². The maximum atomic E-state index is 12.2. The highest BCUT2D eigenvalue weighted by Crippen LogP contribution is 2.39. The van der Waals surface area contributed by atoms with Gasteiger partial charge in [-0.05, 0) is 56.4 Å². The summed E-state index contributed by atoms with van der Waals surface area (Å²) in [6.07, 6.45) is 5.71. The van der Waals surface area contributed by atoms with E-state index in [0.717, 1.165) is 38.5 Å². The van der Waals surface area contributed by atoms with Crippen LogP contribution in [0, 0.1) is 11.8 Å². The predicted octanol–water partition coefficient (Wildman–Crippen LogP) is 3.89. The van der Waals surface area contributed by atoms with Gasteiger partial charge in [0.2, 0.25) is 0 Å². The van der Waals surface area contributed by atoms with E-state index in [1.165, 1.54) is 0 Å². The lowest BCUT2D eigenvalue weighted by Crippen LogP contribution is -2.25. The van der Waals surface area contributed by atoms with Gasteiger partial charge in [0.15, 0.2) is 0 Å². The Labute approximate surface area is 148 Å². The molecule has 1 aliphatic carbocycles. The molecule has 0 radical (unpaired) electrons. The van der Waals surface area contributed by atoms with Crippen molar-refractivity contribution in [1.29, 1.82) is 0 Å². The fourth-order valence-electron chi connectivity index (χ4n) is 3.43. The minimum atomic E-state index is -0.201. The molecule has 1 aromatic rings. The monoisotopic (exact) mass is 346 g/mol. The van der Waals surface area contributed by atoms with Gasteiger partial charge in [0.25, 0.3) is 0 Å². The van der Waals surface area contributed by atoms with E-state index >= 15 is 0 Å². The maximum Gasteiger partial charge on any atom is 0.314 e. The lowest BCUT2D eigenvalue weighted by atomic mass is 9.89. The van der Waals surface area contributed by atoms with Crippen LogP contribution in [0.1, 0.15) is 52.4 Å². The molecule has 0 N–H and O–H groups in total. The van der Waals surface area contributed by atoms with Crippen molar-refractivity contribution in [1.82, 2.24) is 0 Å². The molecule has 2 aliphatic rings. The standard InChI is InChI=1S/C20H26O5/c1-3-5-13(4-2)19(21)23-15-7-9-16(10-8-15)24-20(22)14-6-11-17-18(12-14)25-17/h7-10,13-14,17-18H,3-6,11-12H2,1-2H3. The number of ether oxygens (including phenoxy) is 3. The van der Waals surface area contributed by atoms with Crippen LogP contribution in [0.5, 0.6) is 11.5 Å². The predicted molar refractivity (Wildman–Crippen MR) is 92.4 cm³/mol. The van der Waals surface area contributed by atoms with Gasteiger partial charge in [-0.2, -0.15) is 0 Å². The Bertz CT molecular complexity index is 609. The summed E-state index contributed by atoms with van der Waals surface area (Å²) in [4.78, 5) is 24.3. The van der Waals surface area contributed by atoms with Crippen molar-refractivity contribution in [2.24, 2.45) is 11.8 Å². The molecule has 1 aliphatic heterocycles. The molecule has 3 rings (SSSR count). The fraction of sp³-hybridized carbons (Fsp3) is 0.600. The number of hydrogen-bond acceptors (Lipinski definition) is 5. The summed E-state index contributed by atoms with van der Waals surface area (Å²) in [5.41, 5.74) is 0. The smallest absolute Gasteiger partial charge is 0.314 e. The SMILES string of the molecule is CCCC(CC)C(=O)Oc1ccc(OC(=O)C2CCC3OC3C2)cc1. The average molecular weight is 346 g/mol. The van der Waals surface area contributed by atoms with Gasteiger partial charge in [-0.1, -0.05) is 20.3 Å². The Hall–Kier alpha value is -1.88. The first kappa shape index (κ1) is 17.9. The van der Waals surface area contributed by atoms with Crippen LogP contribution < -0.4 is 9.47 Å². The first-order valence-electron chi connectivity index (χ1n) is 9.29. The number of benzene rings is 1. The van der Waals surface area contributed by atoms with E-state index in [9.17, 15) is 9.59 Å². The highest BCUT2D eigenvalue weighted by molar-refractivity contribution is 5.76. The van der Waals surface area contributed by atoms with Gasteiger partial charge in [0.1, 0.15) is 11.5 Å². The highest BCUT2D eigenvalue weighted by Gasteiger charge is 2.46. The molecule has 25 heavy (non-hydrogen) atoms. The summed E-state index contributed by atoms with van der Waals surface area (Å²) in [5, 5.41) is 0. The second-order valence-electron chi connectivity index (χ2n) is 6.93. The topological polar surface area (TPSA) is 65.1 Å². The van der Waals surface area contributed by atoms with Gasteiger partial charge < -0.3 is 14.2 Å². The first-order valence-corrected chi connectivity index (χ1v) is 9.29. The Morgan fingerprint density at radius 2 is 1.76 bits per heavy atom. The summed E-state index contributed by atoms with van der Waals surface area (Å²) < 4.78 is 16.3. The first-order chi connectivity index (χ1) is 12.1. The van der Waals surface area contributed by atoms with E-state index in [0.29, 0.717) is 17.6 Å². The van der Waals surface area contributed by atoms with Gasteiger partial charge in [0, 0.05) is 0 Å². The quantitative estimate of drug-likeness (QED) is 0.426. The molecule has 1 aromatic carbocycles. The molecule has 1 saturated carbocycles. The molecule has 5 heteroatoms. The summed E-state index contributed by atoms with van der Waals surface area (Å²) in [7, 11) is 0. The number of fused-ring (bicyclic) bond motifs is 1. The summed E-state index contributed by atoms with van der Waals surface area (Å²) >= 11 is 0. The largest absolute Gasteiger partial charge is 0.426 e. The zero-order valence-electron chi connectivity index (χ0n) is 14.9. The van der Waals surface area contributed by atoms with Crippen LogP contribution in [0.3, 0.4) is 0 Å². The lowest BCUT2D eigenvalue weighted by Gasteiger charge is -2.17. The Morgan fingerprint density at radius 1 is 1.08 bits per heavy atom. The zero-order chi connectivity index (χ0) is 17.8. The van der Waals surface area contributed by atoms with Crippen molar-refractivity contribution in [3.05, 3.63) is 24.3 Å². The van der Waals surface area contributed by atoms with Gasteiger partial charge in [-0.3, -0.25) is 9.59 Å². The second-order valence-corrected chi connectivity index (χ2v) is 6.93. The molecule has 0 bridgehead atoms. The Morgan fingerprint density at radius 3 is 2.36 bits per heavy atom. The van der Waals surface area contributed by atoms with Crippen LogP contribution in [-0.2, 0) is 14.3 Å². The highest BCUT2D eigenvalue weighted by atomic mass is 16.6. The van der Waals surface area contributed by atoms with Crippen LogP contribution in [0.4, 0.5) is 0 Å². The van der Waals surface area contributed by atoms with Crippen LogP contribution in [-0.4, -0.2) is 24.1 Å². The van der Waals surface area contributed by atoms with Gasteiger partial charge >= 0.3 is 11.9 Å². The van der Waals surface area contributed by atoms with E-state index in [4.69, 9.17) is 14.2 Å². The molecule has 4 atom stereocenters. The number of rotatable bonds is 7. The molecule has 0 aromatic heterocycles. The van der Waals surface area contributed by atoms with Gasteiger partial charge in [0.05, 0.1) is 24.0 Å². The van der Waals surface area contributed by atoms with Crippen molar-refractivity contribution < 1.29 is 23.8 Å². The molecule has 2 fully saturated rings. The molecule has 1 heterocycles. The summed E-state index contributed by atoms with van der Waals surface area (Å²) in [6, 6.07) is 6.67. The molecule has 4 unspecified atom stereocenters. The number of esters is 2. The number of hydrogen-bond donors (Lipinski definition) is 0. The van der Waals surface area contributed by atoms with Crippen LogP contribution in [0.15, 0.2) is 24.3 Å². The minimum absolute atomic E-state index is 0.0673. The maximum absolute atomic E-state index is 12.2. The van der Waals surface area contributed by atoms with Crippen molar-refractivity contribution >= 4 is 11.9 Å². The van der Waals surface area contributed by atoms with Crippen LogP contribution >= 0.6 is 0 Å².